The average Bonchev–Trinajstić information content (AvgIpc) is 3.30. The van der Waals surface area contributed by atoms with Crippen molar-refractivity contribution < 1.29 is 26.0 Å². The number of hydrogen-bond acceptors (Lipinski definition) is 0. The third-order valence-electron chi connectivity index (χ3n) is 8.02. The van der Waals surface area contributed by atoms with Crippen LogP contribution in [0.5, 0.6) is 0 Å². The van der Waals surface area contributed by atoms with E-state index < -0.39 is 153 Å². The zero-order chi connectivity index (χ0) is 47.0. The molecule has 0 fully saturated rings. The van der Waals surface area contributed by atoms with E-state index in [9.17, 15) is 9.60 Å². The highest BCUT2D eigenvalue weighted by atomic mass is 14.2. The van der Waals surface area contributed by atoms with Gasteiger partial charge in [0.05, 0.1) is 26.0 Å². The van der Waals surface area contributed by atoms with Gasteiger partial charge in [-0.05, 0) is 99.7 Å². The first-order chi connectivity index (χ1) is 30.7. The van der Waals surface area contributed by atoms with Crippen LogP contribution in [-0.4, -0.2) is 0 Å². The van der Waals surface area contributed by atoms with Crippen LogP contribution in [-0.2, 0) is 0 Å². The molecule has 0 heterocycles. The summed E-state index contributed by atoms with van der Waals surface area (Å²) in [6.45, 7) is 0. The first kappa shape index (κ1) is 13.6. The molecular formula is C46H30. The minimum atomic E-state index is -0.841. The molecule has 0 aliphatic rings. The van der Waals surface area contributed by atoms with Crippen molar-refractivity contribution >= 4 is 43.1 Å². The molecule has 0 heteroatoms. The van der Waals surface area contributed by atoms with Crippen molar-refractivity contribution in [2.24, 2.45) is 0 Å². The number of fused-ring (bicyclic) bond motifs is 4. The Morgan fingerprint density at radius 3 is 1.76 bits per heavy atom. The highest BCUT2D eigenvalue weighted by molar-refractivity contribution is 6.22. The fraction of sp³-hybridized carbons (Fsp3) is 0. The van der Waals surface area contributed by atoms with E-state index in [1.165, 1.54) is 0 Å². The Bertz CT molecular complexity index is 3600. The summed E-state index contributed by atoms with van der Waals surface area (Å²) in [5, 5.41) is -0.486. The van der Waals surface area contributed by atoms with Crippen LogP contribution in [0.15, 0.2) is 182 Å². The quantitative estimate of drug-likeness (QED) is 0.176. The van der Waals surface area contributed by atoms with Crippen molar-refractivity contribution in [2.45, 2.75) is 0 Å². The largest absolute Gasteiger partial charge is 0.0636 e. The summed E-state index contributed by atoms with van der Waals surface area (Å²) in [5.41, 5.74) is -0.509. The normalized spacial score (nSPS) is 17.3. The minimum Gasteiger partial charge on any atom is -0.0622 e. The molecule has 46 heavy (non-hydrogen) atoms. The molecule has 9 rings (SSSR count). The minimum absolute atomic E-state index is 0.0887. The molecule has 0 nitrogen and oxygen atoms in total. The summed E-state index contributed by atoms with van der Waals surface area (Å²) < 4.78 is 170. The van der Waals surface area contributed by atoms with Crippen molar-refractivity contribution in [1.82, 2.24) is 0 Å². The van der Waals surface area contributed by atoms with Gasteiger partial charge in [0.15, 0.2) is 0 Å². The lowest BCUT2D eigenvalue weighted by atomic mass is 9.84. The van der Waals surface area contributed by atoms with Gasteiger partial charge in [-0.1, -0.05) is 169 Å². The second-order valence-electron chi connectivity index (χ2n) is 10.6. The van der Waals surface area contributed by atoms with E-state index in [1.54, 1.807) is 24.3 Å². The Balaban J connectivity index is 1.56. The zero-order valence-electron chi connectivity index (χ0n) is 42.9. The molecule has 0 saturated heterocycles. The summed E-state index contributed by atoms with van der Waals surface area (Å²) in [7, 11) is 0. The molecule has 0 bridgehead atoms. The van der Waals surface area contributed by atoms with E-state index in [-0.39, 0.29) is 27.3 Å². The van der Waals surface area contributed by atoms with Gasteiger partial charge in [0.2, 0.25) is 0 Å². The van der Waals surface area contributed by atoms with E-state index in [1.807, 2.05) is 42.5 Å². The summed E-state index contributed by atoms with van der Waals surface area (Å²) >= 11 is 0. The molecule has 0 amide bonds. The molecular weight excluding hydrogens is 553 g/mol. The molecule has 0 aromatic heterocycles. The Morgan fingerprint density at radius 2 is 0.935 bits per heavy atom. The molecule has 0 saturated carbocycles. The third kappa shape index (κ3) is 4.38. The van der Waals surface area contributed by atoms with Crippen molar-refractivity contribution in [2.75, 3.05) is 0 Å². The predicted molar refractivity (Wildman–Crippen MR) is 198 cm³/mol. The van der Waals surface area contributed by atoms with Crippen LogP contribution in [0.2, 0.25) is 0 Å². The molecule has 9 aromatic carbocycles. The molecule has 0 aliphatic heterocycles. The van der Waals surface area contributed by atoms with Crippen molar-refractivity contribution in [1.29, 1.82) is 0 Å². The number of rotatable bonds is 4. The summed E-state index contributed by atoms with van der Waals surface area (Å²) in [6.07, 6.45) is 0. The molecule has 0 N–H and O–H groups in total. The SMILES string of the molecule is [2H]c1c([2H])c([2H])c(-c2c([2H])c([2H])c3c(-c4c([2H])c([2H])c5c([2H])c([2H])c([2H])c([2H])c5c4[2H])c4c([2H])c([2H])c([2H])c([2H])c4c(-c4ccc(-c5cccc6ccccc56)cc4)c3c2[2H])c([2H])c1[2H]. The van der Waals surface area contributed by atoms with Gasteiger partial charge in [0.1, 0.15) is 0 Å². The standard InChI is InChI=1S/C46H30/c1-2-11-31(12-3-1)37-27-28-43-44(30-37)45(35-24-22-34(23-25-35)40-20-10-16-33-14-6-7-17-39(33)40)41-18-8-9-19-42(41)46(43)38-26-21-32-13-4-5-15-36(32)29-38/h1-30H/i1D,2D,3D,4D,5D,8D,9D,11D,12D,13D,15D,18D,19D,21D,26D,27D,28D,29D,30D. The maximum absolute atomic E-state index is 9.95. The molecule has 9 aromatic rings. The first-order valence-corrected chi connectivity index (χ1v) is 14.4. The van der Waals surface area contributed by atoms with E-state index in [0.717, 1.165) is 21.9 Å². The number of benzene rings is 9. The van der Waals surface area contributed by atoms with E-state index >= 15 is 0 Å². The van der Waals surface area contributed by atoms with Gasteiger partial charge in [-0.3, -0.25) is 0 Å². The third-order valence-corrected chi connectivity index (χ3v) is 8.02. The molecule has 0 spiro atoms. The summed E-state index contributed by atoms with van der Waals surface area (Å²) in [5.74, 6) is 0. The lowest BCUT2D eigenvalue weighted by Gasteiger charge is -2.19. The monoisotopic (exact) mass is 601 g/mol. The van der Waals surface area contributed by atoms with Crippen molar-refractivity contribution in [3.63, 3.8) is 0 Å². The van der Waals surface area contributed by atoms with Crippen LogP contribution in [0, 0.1) is 0 Å². The van der Waals surface area contributed by atoms with Crippen LogP contribution in [0.4, 0.5) is 0 Å². The van der Waals surface area contributed by atoms with Gasteiger partial charge in [-0.25, -0.2) is 0 Å². The topological polar surface area (TPSA) is 0 Å². The van der Waals surface area contributed by atoms with Gasteiger partial charge >= 0.3 is 0 Å². The Kier molecular flexibility index (Phi) is 3.21. The van der Waals surface area contributed by atoms with E-state index in [4.69, 9.17) is 16.4 Å². The van der Waals surface area contributed by atoms with Gasteiger partial charge in [-0.2, -0.15) is 0 Å². The summed E-state index contributed by atoms with van der Waals surface area (Å²) in [4.78, 5) is 0. The van der Waals surface area contributed by atoms with Crippen LogP contribution < -0.4 is 0 Å². The average molecular weight is 602 g/mol. The summed E-state index contributed by atoms with van der Waals surface area (Å²) in [6, 6.07) is 5.87. The van der Waals surface area contributed by atoms with Crippen molar-refractivity contribution in [3.8, 4) is 44.5 Å². The van der Waals surface area contributed by atoms with Gasteiger partial charge < -0.3 is 0 Å². The highest BCUT2D eigenvalue weighted by Gasteiger charge is 2.18. The molecule has 0 atom stereocenters. The smallest absolute Gasteiger partial charge is 0.0622 e. The van der Waals surface area contributed by atoms with Gasteiger partial charge in [-0.15, -0.1) is 0 Å². The van der Waals surface area contributed by atoms with Crippen LogP contribution in [0.3, 0.4) is 0 Å². The van der Waals surface area contributed by atoms with Crippen molar-refractivity contribution in [3.05, 3.63) is 182 Å². The van der Waals surface area contributed by atoms with E-state index in [2.05, 4.69) is 0 Å². The Labute approximate surface area is 295 Å². The second kappa shape index (κ2) is 10.9. The Morgan fingerprint density at radius 1 is 0.304 bits per heavy atom. The lowest BCUT2D eigenvalue weighted by Crippen LogP contribution is -1.92. The predicted octanol–water partition coefficient (Wildman–Crippen LogP) is 13.0. The fourth-order valence-corrected chi connectivity index (χ4v) is 5.96. The van der Waals surface area contributed by atoms with Crippen LogP contribution in [0.1, 0.15) is 26.0 Å². The molecule has 0 unspecified atom stereocenters. The van der Waals surface area contributed by atoms with E-state index in [0.29, 0.717) is 0 Å². The van der Waals surface area contributed by atoms with Crippen LogP contribution in [0.25, 0.3) is 87.6 Å². The second-order valence-corrected chi connectivity index (χ2v) is 10.6. The maximum atomic E-state index is 9.95. The Hall–Kier alpha value is -5.98. The van der Waals surface area contributed by atoms with Gasteiger partial charge in [0.25, 0.3) is 0 Å². The maximum Gasteiger partial charge on any atom is 0.0636 e. The zero-order valence-corrected chi connectivity index (χ0v) is 23.9. The molecule has 214 valence electrons. The highest BCUT2D eigenvalue weighted by Crippen LogP contribution is 2.45. The number of hydrogen-bond donors (Lipinski definition) is 0. The van der Waals surface area contributed by atoms with Crippen LogP contribution >= 0.6 is 0 Å². The fourth-order valence-electron chi connectivity index (χ4n) is 5.96. The lowest BCUT2D eigenvalue weighted by molar-refractivity contribution is 1.62. The first-order valence-electron chi connectivity index (χ1n) is 23.9. The molecule has 0 aliphatic carbocycles. The molecule has 0 radical (unpaired) electrons. The van der Waals surface area contributed by atoms with Gasteiger partial charge in [0, 0.05) is 0 Å².